The molecule has 1 saturated heterocycles. The number of amides is 3. The van der Waals surface area contributed by atoms with Crippen molar-refractivity contribution < 1.29 is 22.8 Å². The standard InChI is InChI=1S/C18H20F3N7O2/c1-10(18(19,20)21)24-16(29)12-2-3-13-15(25-12)28(11-5-7-27(13)8-11)17(30)26-14-4-6-22-9-23-14/h2-4,6,9-12,25H,5,7-8H2,1H3,(H,24,29)(H,22,23,26,30)/t10-,11?,12?/m1/s1. The third-order valence-corrected chi connectivity index (χ3v) is 5.26. The molecule has 3 amide bonds. The van der Waals surface area contributed by atoms with E-state index in [9.17, 15) is 22.8 Å². The molecule has 4 heterocycles. The summed E-state index contributed by atoms with van der Waals surface area (Å²) in [6.45, 7) is 2.24. The minimum atomic E-state index is -4.54. The fourth-order valence-corrected chi connectivity index (χ4v) is 3.68. The van der Waals surface area contributed by atoms with E-state index >= 15 is 0 Å². The molecule has 1 aromatic heterocycles. The maximum atomic E-state index is 13.0. The van der Waals surface area contributed by atoms with E-state index in [0.717, 1.165) is 25.6 Å². The number of nitrogens with zero attached hydrogens (tertiary/aromatic N) is 4. The molecule has 2 unspecified atom stereocenters. The molecule has 0 radical (unpaired) electrons. The van der Waals surface area contributed by atoms with Crippen LogP contribution in [0.3, 0.4) is 0 Å². The fourth-order valence-electron chi connectivity index (χ4n) is 3.68. The monoisotopic (exact) mass is 423 g/mol. The zero-order valence-electron chi connectivity index (χ0n) is 16.0. The molecule has 160 valence electrons. The summed E-state index contributed by atoms with van der Waals surface area (Å²) in [5, 5.41) is 7.58. The topological polar surface area (TPSA) is 102 Å². The third kappa shape index (κ3) is 3.76. The Morgan fingerprint density at radius 2 is 2.17 bits per heavy atom. The summed E-state index contributed by atoms with van der Waals surface area (Å²) in [7, 11) is 0. The Labute approximate surface area is 170 Å². The molecule has 30 heavy (non-hydrogen) atoms. The normalized spacial score (nSPS) is 23.6. The number of anilines is 1. The maximum Gasteiger partial charge on any atom is 0.408 e. The zero-order valence-corrected chi connectivity index (χ0v) is 16.0. The summed E-state index contributed by atoms with van der Waals surface area (Å²) in [5.74, 6) is -0.124. The lowest BCUT2D eigenvalue weighted by Crippen LogP contribution is -2.57. The van der Waals surface area contributed by atoms with Crippen LogP contribution in [0.25, 0.3) is 0 Å². The van der Waals surface area contributed by atoms with Crippen LogP contribution in [0, 0.1) is 0 Å². The molecule has 0 spiro atoms. The largest absolute Gasteiger partial charge is 0.408 e. The smallest absolute Gasteiger partial charge is 0.366 e. The van der Waals surface area contributed by atoms with E-state index in [1.54, 1.807) is 12.1 Å². The quantitative estimate of drug-likeness (QED) is 0.675. The van der Waals surface area contributed by atoms with Gasteiger partial charge in [0, 0.05) is 19.3 Å². The van der Waals surface area contributed by atoms with Gasteiger partial charge in [-0.05, 0) is 25.5 Å². The first-order valence-corrected chi connectivity index (χ1v) is 9.41. The van der Waals surface area contributed by atoms with E-state index in [2.05, 4.69) is 25.5 Å². The van der Waals surface area contributed by atoms with Crippen LogP contribution in [-0.4, -0.2) is 69.1 Å². The van der Waals surface area contributed by atoms with E-state index < -0.39 is 30.2 Å². The minimum Gasteiger partial charge on any atom is -0.366 e. The van der Waals surface area contributed by atoms with E-state index in [4.69, 9.17) is 0 Å². The molecule has 0 aliphatic carbocycles. The molecular weight excluding hydrogens is 403 g/mol. The summed E-state index contributed by atoms with van der Waals surface area (Å²) >= 11 is 0. The second kappa shape index (κ2) is 7.50. The average molecular weight is 423 g/mol. The van der Waals surface area contributed by atoms with Crippen LogP contribution in [0.4, 0.5) is 23.8 Å². The highest BCUT2D eigenvalue weighted by molar-refractivity contribution is 5.91. The third-order valence-electron chi connectivity index (χ3n) is 5.26. The van der Waals surface area contributed by atoms with Crippen molar-refractivity contribution >= 4 is 17.8 Å². The van der Waals surface area contributed by atoms with Gasteiger partial charge in [-0.1, -0.05) is 6.08 Å². The minimum absolute atomic E-state index is 0.137. The SMILES string of the molecule is C[C@@H](NC(=O)C1C=CC2=C(N1)N(C(=O)Nc1ccncn1)C1CCN2C1)C(F)(F)F. The van der Waals surface area contributed by atoms with Gasteiger partial charge in [0.15, 0.2) is 0 Å². The van der Waals surface area contributed by atoms with Gasteiger partial charge < -0.3 is 15.5 Å². The number of allylic oxidation sites excluding steroid dienone is 1. The van der Waals surface area contributed by atoms with E-state index in [1.165, 1.54) is 23.5 Å². The Kier molecular flexibility index (Phi) is 5.00. The molecular formula is C18H20F3N7O2. The number of aromatic nitrogens is 2. The van der Waals surface area contributed by atoms with Gasteiger partial charge in [-0.25, -0.2) is 14.8 Å². The van der Waals surface area contributed by atoms with Crippen molar-refractivity contribution in [3.63, 3.8) is 0 Å². The molecule has 4 rings (SSSR count). The number of fused-ring (bicyclic) bond motifs is 3. The Balaban J connectivity index is 1.54. The number of hydrogen-bond donors (Lipinski definition) is 3. The van der Waals surface area contributed by atoms with Crippen LogP contribution in [0.2, 0.25) is 0 Å². The Morgan fingerprint density at radius 3 is 2.87 bits per heavy atom. The lowest BCUT2D eigenvalue weighted by molar-refractivity contribution is -0.158. The molecule has 3 aliphatic rings. The van der Waals surface area contributed by atoms with Crippen LogP contribution in [0.1, 0.15) is 13.3 Å². The number of nitrogens with one attached hydrogen (secondary N) is 3. The second-order valence-corrected chi connectivity index (χ2v) is 7.27. The highest BCUT2D eigenvalue weighted by atomic mass is 19.4. The predicted octanol–water partition coefficient (Wildman–Crippen LogP) is 1.16. The molecule has 12 heteroatoms. The number of urea groups is 1. The fraction of sp³-hybridized carbons (Fsp3) is 0.444. The summed E-state index contributed by atoms with van der Waals surface area (Å²) in [5.41, 5.74) is 0.717. The summed E-state index contributed by atoms with van der Waals surface area (Å²) in [6.07, 6.45) is 2.14. The van der Waals surface area contributed by atoms with Crippen LogP contribution in [0.5, 0.6) is 0 Å². The van der Waals surface area contributed by atoms with Gasteiger partial charge in [0.25, 0.3) is 0 Å². The number of hydrogen-bond acceptors (Lipinski definition) is 6. The Hall–Kier alpha value is -3.31. The first-order valence-electron chi connectivity index (χ1n) is 9.41. The van der Waals surface area contributed by atoms with Gasteiger partial charge in [0.2, 0.25) is 5.91 Å². The molecule has 0 aromatic carbocycles. The van der Waals surface area contributed by atoms with Crippen molar-refractivity contribution in [1.29, 1.82) is 0 Å². The van der Waals surface area contributed by atoms with Crippen molar-refractivity contribution in [3.8, 4) is 0 Å². The summed E-state index contributed by atoms with van der Waals surface area (Å²) in [4.78, 5) is 36.7. The first-order chi connectivity index (χ1) is 14.2. The van der Waals surface area contributed by atoms with Crippen molar-refractivity contribution in [3.05, 3.63) is 42.3 Å². The van der Waals surface area contributed by atoms with Crippen LogP contribution >= 0.6 is 0 Å². The highest BCUT2D eigenvalue weighted by Crippen LogP contribution is 2.33. The summed E-state index contributed by atoms with van der Waals surface area (Å²) < 4.78 is 38.4. The van der Waals surface area contributed by atoms with Crippen molar-refractivity contribution in [2.75, 3.05) is 18.4 Å². The molecule has 2 bridgehead atoms. The van der Waals surface area contributed by atoms with Crippen LogP contribution in [0.15, 0.2) is 42.3 Å². The number of rotatable bonds is 3. The average Bonchev–Trinajstić information content (AvgIpc) is 3.12. The van der Waals surface area contributed by atoms with E-state index in [-0.39, 0.29) is 6.04 Å². The van der Waals surface area contributed by atoms with Crippen molar-refractivity contribution in [1.82, 2.24) is 30.4 Å². The number of carbonyl (C=O) groups excluding carboxylic acids is 2. The lowest BCUT2D eigenvalue weighted by Gasteiger charge is -2.41. The Morgan fingerprint density at radius 1 is 1.37 bits per heavy atom. The van der Waals surface area contributed by atoms with Gasteiger partial charge in [-0.15, -0.1) is 0 Å². The molecule has 3 aliphatic heterocycles. The predicted molar refractivity (Wildman–Crippen MR) is 99.6 cm³/mol. The van der Waals surface area contributed by atoms with Gasteiger partial charge in [0.1, 0.15) is 30.0 Å². The number of alkyl halides is 3. The summed E-state index contributed by atoms with van der Waals surface area (Å²) in [6, 6.07) is -2.07. The number of halogens is 3. The van der Waals surface area contributed by atoms with Crippen molar-refractivity contribution in [2.45, 2.75) is 37.6 Å². The van der Waals surface area contributed by atoms with Gasteiger partial charge in [-0.3, -0.25) is 15.0 Å². The molecule has 9 nitrogen and oxygen atoms in total. The second-order valence-electron chi connectivity index (χ2n) is 7.27. The Bertz CT molecular complexity index is 903. The van der Waals surface area contributed by atoms with Gasteiger partial charge >= 0.3 is 12.2 Å². The molecule has 3 N–H and O–H groups in total. The molecule has 0 saturated carbocycles. The van der Waals surface area contributed by atoms with E-state index in [1.807, 2.05) is 5.32 Å². The van der Waals surface area contributed by atoms with Crippen LogP contribution in [-0.2, 0) is 4.79 Å². The van der Waals surface area contributed by atoms with Gasteiger partial charge in [0.05, 0.1) is 11.7 Å². The molecule has 3 atom stereocenters. The van der Waals surface area contributed by atoms with Crippen LogP contribution < -0.4 is 16.0 Å². The number of carbonyl (C=O) groups is 2. The van der Waals surface area contributed by atoms with Gasteiger partial charge in [-0.2, -0.15) is 13.2 Å². The van der Waals surface area contributed by atoms with Crippen molar-refractivity contribution in [2.24, 2.45) is 0 Å². The zero-order chi connectivity index (χ0) is 21.5. The maximum absolute atomic E-state index is 13.0. The molecule has 1 aromatic rings. The lowest BCUT2D eigenvalue weighted by atomic mass is 10.1. The number of dihydropyridines is 1. The van der Waals surface area contributed by atoms with E-state index in [0.29, 0.717) is 18.2 Å². The first kappa shape index (κ1) is 20.0. The molecule has 1 fully saturated rings. The highest BCUT2D eigenvalue weighted by Gasteiger charge is 2.43.